The van der Waals surface area contributed by atoms with Gasteiger partial charge in [-0.2, -0.15) is 0 Å². The van der Waals surface area contributed by atoms with Gasteiger partial charge in [-0.3, -0.25) is 4.90 Å². The Morgan fingerprint density at radius 1 is 0.957 bits per heavy atom. The average molecular weight is 312 g/mol. The van der Waals surface area contributed by atoms with Gasteiger partial charge < -0.3 is 0 Å². The van der Waals surface area contributed by atoms with E-state index in [-0.39, 0.29) is 0 Å². The minimum atomic E-state index is 0.852. The number of likely N-dealkylation sites (N-methyl/N-ethyl adjacent to an activating group) is 1. The van der Waals surface area contributed by atoms with Crippen LogP contribution in [0.2, 0.25) is 0 Å². The summed E-state index contributed by atoms with van der Waals surface area (Å²) in [5.74, 6) is 0.852. The van der Waals surface area contributed by atoms with Crippen molar-refractivity contribution in [3.63, 3.8) is 0 Å². The lowest BCUT2D eigenvalue weighted by molar-refractivity contribution is 0.360. The van der Waals surface area contributed by atoms with Crippen LogP contribution in [0.25, 0.3) is 0 Å². The number of aryl methyl sites for hydroxylation is 2. The molecular formula is C22H33N. The summed E-state index contributed by atoms with van der Waals surface area (Å²) in [6, 6.07) is 7.22. The molecule has 0 bridgehead atoms. The lowest BCUT2D eigenvalue weighted by atomic mass is 9.89. The van der Waals surface area contributed by atoms with Crippen molar-refractivity contribution in [3.05, 3.63) is 47.0 Å². The molecule has 0 amide bonds. The molecule has 1 aromatic rings. The van der Waals surface area contributed by atoms with Crippen molar-refractivity contribution in [3.8, 4) is 0 Å². The number of benzene rings is 1. The first-order valence-corrected chi connectivity index (χ1v) is 9.77. The van der Waals surface area contributed by atoms with E-state index in [9.17, 15) is 0 Å². The molecule has 0 saturated heterocycles. The van der Waals surface area contributed by atoms with E-state index in [1.165, 1.54) is 69.8 Å². The minimum absolute atomic E-state index is 0.852. The van der Waals surface area contributed by atoms with Gasteiger partial charge in [0, 0.05) is 13.1 Å². The van der Waals surface area contributed by atoms with Crippen molar-refractivity contribution in [1.82, 2.24) is 4.90 Å². The van der Waals surface area contributed by atoms with Crippen LogP contribution in [0.15, 0.2) is 30.4 Å². The van der Waals surface area contributed by atoms with Crippen LogP contribution < -0.4 is 0 Å². The highest BCUT2D eigenvalue weighted by Gasteiger charge is 2.11. The quantitative estimate of drug-likeness (QED) is 0.511. The van der Waals surface area contributed by atoms with E-state index >= 15 is 0 Å². The van der Waals surface area contributed by atoms with Crippen molar-refractivity contribution < 1.29 is 0 Å². The Bertz CT molecular complexity index is 511. The predicted octanol–water partition coefficient (Wildman–Crippen LogP) is 5.52. The van der Waals surface area contributed by atoms with Gasteiger partial charge in [-0.25, -0.2) is 0 Å². The molecular weight excluding hydrogens is 278 g/mol. The first-order chi connectivity index (χ1) is 11.3. The smallest absolute Gasteiger partial charge is 0.0234 e. The Labute approximate surface area is 142 Å². The Morgan fingerprint density at radius 2 is 1.70 bits per heavy atom. The summed E-state index contributed by atoms with van der Waals surface area (Å²) in [7, 11) is 2.25. The molecule has 1 heteroatoms. The molecule has 0 atom stereocenters. The highest BCUT2D eigenvalue weighted by molar-refractivity contribution is 5.33. The van der Waals surface area contributed by atoms with Gasteiger partial charge in [-0.05, 0) is 68.2 Å². The van der Waals surface area contributed by atoms with Crippen molar-refractivity contribution >= 4 is 0 Å². The third kappa shape index (κ3) is 5.21. The SMILES string of the molecule is CN(CC=CC1CCCCC1)Cc1ccc2c(c1)CCCCC2. The van der Waals surface area contributed by atoms with Gasteiger partial charge >= 0.3 is 0 Å². The third-order valence-electron chi connectivity index (χ3n) is 5.59. The maximum Gasteiger partial charge on any atom is 0.0234 e. The van der Waals surface area contributed by atoms with Crippen molar-refractivity contribution in [2.75, 3.05) is 13.6 Å². The Morgan fingerprint density at radius 3 is 2.52 bits per heavy atom. The topological polar surface area (TPSA) is 3.24 Å². The van der Waals surface area contributed by atoms with E-state index in [0.717, 1.165) is 19.0 Å². The number of allylic oxidation sites excluding steroid dienone is 1. The zero-order valence-electron chi connectivity index (χ0n) is 14.9. The molecule has 0 aromatic heterocycles. The number of hydrogen-bond donors (Lipinski definition) is 0. The van der Waals surface area contributed by atoms with E-state index in [4.69, 9.17) is 0 Å². The first kappa shape index (κ1) is 16.8. The summed E-state index contributed by atoms with van der Waals surface area (Å²) in [6.07, 6.45) is 18.7. The first-order valence-electron chi connectivity index (χ1n) is 9.77. The second-order valence-corrected chi connectivity index (χ2v) is 7.69. The van der Waals surface area contributed by atoms with Crippen LogP contribution in [0, 0.1) is 5.92 Å². The van der Waals surface area contributed by atoms with Gasteiger partial charge in [0.15, 0.2) is 0 Å². The predicted molar refractivity (Wildman–Crippen MR) is 99.8 cm³/mol. The second-order valence-electron chi connectivity index (χ2n) is 7.69. The van der Waals surface area contributed by atoms with Crippen LogP contribution in [0.5, 0.6) is 0 Å². The molecule has 0 spiro atoms. The number of rotatable bonds is 5. The molecule has 1 nitrogen and oxygen atoms in total. The van der Waals surface area contributed by atoms with Crippen LogP contribution in [0.1, 0.15) is 68.1 Å². The third-order valence-corrected chi connectivity index (χ3v) is 5.59. The molecule has 1 saturated carbocycles. The van der Waals surface area contributed by atoms with Crippen molar-refractivity contribution in [1.29, 1.82) is 0 Å². The van der Waals surface area contributed by atoms with E-state index in [0.29, 0.717) is 0 Å². The summed E-state index contributed by atoms with van der Waals surface area (Å²) in [5.41, 5.74) is 4.71. The van der Waals surface area contributed by atoms with Gasteiger partial charge in [0.25, 0.3) is 0 Å². The minimum Gasteiger partial charge on any atom is -0.298 e. The lowest BCUT2D eigenvalue weighted by Crippen LogP contribution is -2.18. The molecule has 1 aromatic carbocycles. The molecule has 2 aliphatic rings. The molecule has 2 aliphatic carbocycles. The molecule has 0 N–H and O–H groups in total. The molecule has 23 heavy (non-hydrogen) atoms. The second kappa shape index (κ2) is 8.68. The maximum atomic E-state index is 2.48. The highest BCUT2D eigenvalue weighted by atomic mass is 15.1. The standard InChI is InChI=1S/C22H33N/c1-23(16-8-11-19-9-4-2-5-10-19)18-20-14-15-21-12-6-3-7-13-22(21)17-20/h8,11,14-15,17,19H,2-7,9-10,12-13,16,18H2,1H3. The fourth-order valence-corrected chi connectivity index (χ4v) is 4.20. The fraction of sp³-hybridized carbons (Fsp3) is 0.636. The largest absolute Gasteiger partial charge is 0.298 e. The molecule has 0 unspecified atom stereocenters. The van der Waals surface area contributed by atoms with Gasteiger partial charge in [0.05, 0.1) is 0 Å². The Kier molecular flexibility index (Phi) is 6.33. The van der Waals surface area contributed by atoms with E-state index in [1.54, 1.807) is 11.1 Å². The van der Waals surface area contributed by atoms with Crippen molar-refractivity contribution in [2.45, 2.75) is 70.8 Å². The number of hydrogen-bond acceptors (Lipinski definition) is 1. The van der Waals surface area contributed by atoms with Crippen LogP contribution in [-0.2, 0) is 19.4 Å². The molecule has 1 fully saturated rings. The zero-order chi connectivity index (χ0) is 15.9. The van der Waals surface area contributed by atoms with Gasteiger partial charge in [-0.1, -0.05) is 56.0 Å². The molecule has 0 radical (unpaired) electrons. The highest BCUT2D eigenvalue weighted by Crippen LogP contribution is 2.25. The van der Waals surface area contributed by atoms with Crippen LogP contribution >= 0.6 is 0 Å². The zero-order valence-corrected chi connectivity index (χ0v) is 14.9. The fourth-order valence-electron chi connectivity index (χ4n) is 4.20. The Hall–Kier alpha value is -1.08. The van der Waals surface area contributed by atoms with Crippen molar-refractivity contribution in [2.24, 2.45) is 5.92 Å². The number of fused-ring (bicyclic) bond motifs is 1. The number of nitrogens with zero attached hydrogens (tertiary/aromatic N) is 1. The summed E-state index contributed by atoms with van der Waals surface area (Å²) >= 11 is 0. The van der Waals surface area contributed by atoms with E-state index in [2.05, 4.69) is 42.3 Å². The molecule has 0 aliphatic heterocycles. The van der Waals surface area contributed by atoms with Crippen LogP contribution in [-0.4, -0.2) is 18.5 Å². The van der Waals surface area contributed by atoms with Gasteiger partial charge in [0.1, 0.15) is 0 Å². The van der Waals surface area contributed by atoms with E-state index < -0.39 is 0 Å². The lowest BCUT2D eigenvalue weighted by Gasteiger charge is -2.19. The van der Waals surface area contributed by atoms with Crippen LogP contribution in [0.4, 0.5) is 0 Å². The summed E-state index contributed by atoms with van der Waals surface area (Å²) in [6.45, 7) is 2.15. The summed E-state index contributed by atoms with van der Waals surface area (Å²) < 4.78 is 0. The summed E-state index contributed by atoms with van der Waals surface area (Å²) in [4.78, 5) is 2.44. The molecule has 3 rings (SSSR count). The Balaban J connectivity index is 1.50. The van der Waals surface area contributed by atoms with Crippen LogP contribution in [0.3, 0.4) is 0 Å². The normalized spacial score (nSPS) is 19.9. The maximum absolute atomic E-state index is 2.48. The summed E-state index contributed by atoms with van der Waals surface area (Å²) in [5, 5.41) is 0. The average Bonchev–Trinajstić information content (AvgIpc) is 2.81. The molecule has 0 heterocycles. The van der Waals surface area contributed by atoms with E-state index in [1.807, 2.05) is 0 Å². The van der Waals surface area contributed by atoms with Gasteiger partial charge in [0.2, 0.25) is 0 Å². The van der Waals surface area contributed by atoms with Gasteiger partial charge in [-0.15, -0.1) is 0 Å². The monoisotopic (exact) mass is 311 g/mol. The molecule has 126 valence electrons.